The number of hydrogen-bond acceptors (Lipinski definition) is 4. The molecule has 0 fully saturated rings. The molecule has 5 heteroatoms. The van der Waals surface area contributed by atoms with Gasteiger partial charge in [-0.05, 0) is 13.8 Å². The van der Waals surface area contributed by atoms with Crippen LogP contribution in [0.25, 0.3) is 5.65 Å². The molecule has 0 N–H and O–H groups in total. The summed E-state index contributed by atoms with van der Waals surface area (Å²) in [6.07, 6.45) is 3.52. The lowest BCUT2D eigenvalue weighted by molar-refractivity contribution is 0.0595. The monoisotopic (exact) mass is 234 g/mol. The predicted molar refractivity (Wildman–Crippen MR) is 62.4 cm³/mol. The van der Waals surface area contributed by atoms with Gasteiger partial charge in [0, 0.05) is 18.5 Å². The van der Waals surface area contributed by atoms with Gasteiger partial charge in [0.25, 0.3) is 0 Å². The van der Waals surface area contributed by atoms with Gasteiger partial charge in [-0.3, -0.25) is 0 Å². The summed E-state index contributed by atoms with van der Waals surface area (Å²) in [7, 11) is 1.35. The first-order valence-corrected chi connectivity index (χ1v) is 5.36. The molecule has 17 heavy (non-hydrogen) atoms. The van der Waals surface area contributed by atoms with Gasteiger partial charge < -0.3 is 13.9 Å². The molecule has 2 heterocycles. The van der Waals surface area contributed by atoms with Crippen molar-refractivity contribution in [3.05, 3.63) is 29.7 Å². The van der Waals surface area contributed by atoms with Gasteiger partial charge >= 0.3 is 5.97 Å². The highest BCUT2D eigenvalue weighted by Crippen LogP contribution is 2.22. The summed E-state index contributed by atoms with van der Waals surface area (Å²) in [4.78, 5) is 15.9. The Morgan fingerprint density at radius 1 is 1.47 bits per heavy atom. The number of rotatable bonds is 3. The van der Waals surface area contributed by atoms with Crippen molar-refractivity contribution in [1.29, 1.82) is 0 Å². The maximum atomic E-state index is 11.6. The molecule has 0 spiro atoms. The standard InChI is InChI=1S/C12H14N2O3/c1-4-17-10-5-11-13-8(2)6-14(11)7-9(10)12(15)16-3/h5-7H,4H2,1-3H3. The molecule has 0 amide bonds. The molecule has 0 aliphatic rings. The molecule has 0 saturated heterocycles. The highest BCUT2D eigenvalue weighted by atomic mass is 16.5. The highest BCUT2D eigenvalue weighted by Gasteiger charge is 2.15. The maximum absolute atomic E-state index is 11.6. The molecular formula is C12H14N2O3. The minimum absolute atomic E-state index is 0.402. The van der Waals surface area contributed by atoms with E-state index in [1.54, 1.807) is 16.7 Å². The van der Waals surface area contributed by atoms with E-state index in [9.17, 15) is 4.79 Å². The third-order valence-electron chi connectivity index (χ3n) is 2.38. The number of hydrogen-bond donors (Lipinski definition) is 0. The van der Waals surface area contributed by atoms with E-state index in [-0.39, 0.29) is 0 Å². The largest absolute Gasteiger partial charge is 0.493 e. The van der Waals surface area contributed by atoms with E-state index >= 15 is 0 Å². The van der Waals surface area contributed by atoms with Crippen LogP contribution in [0.3, 0.4) is 0 Å². The molecular weight excluding hydrogens is 220 g/mol. The van der Waals surface area contributed by atoms with Crippen LogP contribution in [-0.4, -0.2) is 29.1 Å². The topological polar surface area (TPSA) is 52.8 Å². The average molecular weight is 234 g/mol. The van der Waals surface area contributed by atoms with E-state index < -0.39 is 5.97 Å². The molecule has 0 saturated carbocycles. The summed E-state index contributed by atoms with van der Waals surface area (Å²) in [5, 5.41) is 0. The van der Waals surface area contributed by atoms with Crippen LogP contribution in [0.1, 0.15) is 23.0 Å². The van der Waals surface area contributed by atoms with Gasteiger partial charge in [0.15, 0.2) is 0 Å². The van der Waals surface area contributed by atoms with Gasteiger partial charge in [0.2, 0.25) is 0 Å². The Balaban J connectivity index is 2.60. The fraction of sp³-hybridized carbons (Fsp3) is 0.333. The average Bonchev–Trinajstić information content (AvgIpc) is 2.66. The van der Waals surface area contributed by atoms with Crippen LogP contribution < -0.4 is 4.74 Å². The molecule has 0 radical (unpaired) electrons. The second-order valence-electron chi connectivity index (χ2n) is 3.62. The lowest BCUT2D eigenvalue weighted by Gasteiger charge is -2.09. The molecule has 2 rings (SSSR count). The molecule has 0 aliphatic heterocycles. The number of carbonyl (C=O) groups excluding carboxylic acids is 1. The summed E-state index contributed by atoms with van der Waals surface area (Å²) in [6.45, 7) is 4.24. The maximum Gasteiger partial charge on any atom is 0.343 e. The Morgan fingerprint density at radius 3 is 2.88 bits per heavy atom. The number of methoxy groups -OCH3 is 1. The minimum atomic E-state index is -0.415. The lowest BCUT2D eigenvalue weighted by Crippen LogP contribution is -2.07. The first kappa shape index (κ1) is 11.4. The van der Waals surface area contributed by atoms with Gasteiger partial charge in [0.1, 0.15) is 17.0 Å². The van der Waals surface area contributed by atoms with Gasteiger partial charge in [0.05, 0.1) is 19.4 Å². The van der Waals surface area contributed by atoms with Crippen molar-refractivity contribution in [3.8, 4) is 5.75 Å². The number of imidazole rings is 1. The first-order chi connectivity index (χ1) is 8.15. The van der Waals surface area contributed by atoms with E-state index in [1.807, 2.05) is 20.0 Å². The van der Waals surface area contributed by atoms with E-state index in [1.165, 1.54) is 7.11 Å². The molecule has 0 unspecified atom stereocenters. The Hall–Kier alpha value is -2.04. The fourth-order valence-electron chi connectivity index (χ4n) is 1.68. The Kier molecular flexibility index (Phi) is 2.99. The normalized spacial score (nSPS) is 10.5. The van der Waals surface area contributed by atoms with E-state index in [0.717, 1.165) is 11.3 Å². The third-order valence-corrected chi connectivity index (χ3v) is 2.38. The van der Waals surface area contributed by atoms with Crippen molar-refractivity contribution in [2.45, 2.75) is 13.8 Å². The summed E-state index contributed by atoms with van der Waals surface area (Å²) in [5.74, 6) is 0.0825. The van der Waals surface area contributed by atoms with Gasteiger partial charge in [-0.2, -0.15) is 0 Å². The van der Waals surface area contributed by atoms with E-state index in [2.05, 4.69) is 4.98 Å². The summed E-state index contributed by atoms with van der Waals surface area (Å²) in [6, 6.07) is 1.74. The zero-order chi connectivity index (χ0) is 12.4. The van der Waals surface area contributed by atoms with Gasteiger partial charge in [-0.1, -0.05) is 0 Å². The van der Waals surface area contributed by atoms with Crippen molar-refractivity contribution in [1.82, 2.24) is 9.38 Å². The van der Waals surface area contributed by atoms with Crippen molar-refractivity contribution < 1.29 is 14.3 Å². The summed E-state index contributed by atoms with van der Waals surface area (Å²) in [5.41, 5.74) is 2.03. The van der Waals surface area contributed by atoms with Crippen LogP contribution in [0.2, 0.25) is 0 Å². The molecule has 90 valence electrons. The molecule has 0 atom stereocenters. The zero-order valence-corrected chi connectivity index (χ0v) is 10.1. The number of aromatic nitrogens is 2. The van der Waals surface area contributed by atoms with Crippen LogP contribution >= 0.6 is 0 Å². The SMILES string of the molecule is CCOc1cc2nc(C)cn2cc1C(=O)OC. The number of aryl methyl sites for hydroxylation is 1. The van der Waals surface area contributed by atoms with Crippen molar-refractivity contribution in [2.75, 3.05) is 13.7 Å². The minimum Gasteiger partial charge on any atom is -0.493 e. The highest BCUT2D eigenvalue weighted by molar-refractivity contribution is 5.92. The number of pyridine rings is 1. The van der Waals surface area contributed by atoms with Crippen molar-refractivity contribution in [2.24, 2.45) is 0 Å². The number of nitrogens with zero attached hydrogens (tertiary/aromatic N) is 2. The van der Waals surface area contributed by atoms with E-state index in [4.69, 9.17) is 9.47 Å². The third kappa shape index (κ3) is 2.08. The Labute approximate surface area is 99.0 Å². The molecule has 2 aromatic heterocycles. The zero-order valence-electron chi connectivity index (χ0n) is 10.1. The molecule has 0 aromatic carbocycles. The summed E-state index contributed by atoms with van der Waals surface area (Å²) >= 11 is 0. The Bertz CT molecular complexity index is 560. The number of carbonyl (C=O) groups is 1. The molecule has 0 bridgehead atoms. The summed E-state index contributed by atoms with van der Waals surface area (Å²) < 4.78 is 11.9. The predicted octanol–water partition coefficient (Wildman–Crippen LogP) is 1.83. The quantitative estimate of drug-likeness (QED) is 0.760. The second-order valence-corrected chi connectivity index (χ2v) is 3.62. The van der Waals surface area contributed by atoms with Crippen molar-refractivity contribution >= 4 is 11.6 Å². The van der Waals surface area contributed by atoms with Gasteiger partial charge in [-0.15, -0.1) is 0 Å². The number of esters is 1. The molecule has 0 aliphatic carbocycles. The molecule has 5 nitrogen and oxygen atoms in total. The smallest absolute Gasteiger partial charge is 0.343 e. The van der Waals surface area contributed by atoms with Crippen LogP contribution in [0.5, 0.6) is 5.75 Å². The first-order valence-electron chi connectivity index (χ1n) is 5.36. The van der Waals surface area contributed by atoms with Crippen LogP contribution in [0.15, 0.2) is 18.5 Å². The second kappa shape index (κ2) is 4.45. The van der Waals surface area contributed by atoms with Gasteiger partial charge in [-0.25, -0.2) is 9.78 Å². The van der Waals surface area contributed by atoms with Crippen LogP contribution in [-0.2, 0) is 4.74 Å². The molecule has 2 aromatic rings. The van der Waals surface area contributed by atoms with Crippen molar-refractivity contribution in [3.63, 3.8) is 0 Å². The van der Waals surface area contributed by atoms with Crippen LogP contribution in [0.4, 0.5) is 0 Å². The number of ether oxygens (including phenoxy) is 2. The Morgan fingerprint density at radius 2 is 2.24 bits per heavy atom. The number of fused-ring (bicyclic) bond motifs is 1. The lowest BCUT2D eigenvalue weighted by atomic mass is 10.2. The van der Waals surface area contributed by atoms with Crippen LogP contribution in [0, 0.1) is 6.92 Å². The van der Waals surface area contributed by atoms with E-state index in [0.29, 0.717) is 17.9 Å². The fourth-order valence-corrected chi connectivity index (χ4v) is 1.68.